The van der Waals surface area contributed by atoms with Gasteiger partial charge in [-0.05, 0) is 34.1 Å². The molecule has 2 heterocycles. The van der Waals surface area contributed by atoms with Gasteiger partial charge in [-0.25, -0.2) is 0 Å². The Bertz CT molecular complexity index is 447. The zero-order valence-corrected chi connectivity index (χ0v) is 12.2. The van der Waals surface area contributed by atoms with Crippen molar-refractivity contribution < 1.29 is 4.42 Å². The Kier molecular flexibility index (Phi) is 3.69. The van der Waals surface area contributed by atoms with E-state index in [1.165, 1.54) is 10.4 Å². The third kappa shape index (κ3) is 2.37. The Morgan fingerprint density at radius 2 is 2.20 bits per heavy atom. The number of alkyl halides is 1. The summed E-state index contributed by atoms with van der Waals surface area (Å²) in [6, 6.07) is 6.23. The molecule has 1 atom stereocenters. The number of rotatable bonds is 3. The molecular weight excluding hydrogens is 340 g/mol. The van der Waals surface area contributed by atoms with E-state index in [1.807, 2.05) is 6.07 Å². The van der Waals surface area contributed by atoms with Gasteiger partial charge in [-0.2, -0.15) is 0 Å². The van der Waals surface area contributed by atoms with Crippen LogP contribution in [0.5, 0.6) is 0 Å². The Hall–Kier alpha value is -0.0600. The average Bonchev–Trinajstić information content (AvgIpc) is 2.84. The molecule has 0 spiro atoms. The summed E-state index contributed by atoms with van der Waals surface area (Å²) in [6.07, 6.45) is 2.68. The minimum Gasteiger partial charge on any atom is -0.469 e. The molecule has 0 N–H and O–H groups in total. The largest absolute Gasteiger partial charge is 0.469 e. The molecule has 2 aromatic rings. The molecule has 0 aliphatic carbocycles. The van der Waals surface area contributed by atoms with Crippen LogP contribution in [0.4, 0.5) is 0 Å². The summed E-state index contributed by atoms with van der Waals surface area (Å²) in [4.78, 5) is 1.53. The Morgan fingerprint density at radius 3 is 2.80 bits per heavy atom. The van der Waals surface area contributed by atoms with Crippen LogP contribution in [0.1, 0.15) is 28.0 Å². The number of aryl methyl sites for hydroxylation is 1. The van der Waals surface area contributed by atoms with Crippen molar-refractivity contribution in [3.8, 4) is 0 Å². The van der Waals surface area contributed by atoms with Crippen LogP contribution in [-0.4, -0.2) is 0 Å². The Morgan fingerprint density at radius 1 is 1.40 bits per heavy atom. The van der Waals surface area contributed by atoms with Gasteiger partial charge >= 0.3 is 0 Å². The van der Waals surface area contributed by atoms with E-state index >= 15 is 0 Å². The number of furan rings is 1. The van der Waals surface area contributed by atoms with Crippen molar-refractivity contribution in [1.29, 1.82) is 0 Å². The van der Waals surface area contributed by atoms with Gasteiger partial charge in [0.05, 0.1) is 14.9 Å². The fourth-order valence-corrected chi connectivity index (χ4v) is 3.74. The van der Waals surface area contributed by atoms with Crippen LogP contribution in [0.3, 0.4) is 0 Å². The molecular formula is C11H10Br2OS. The lowest BCUT2D eigenvalue weighted by atomic mass is 10.1. The fraction of sp³-hybridized carbons (Fsp3) is 0.273. The Balaban J connectivity index is 2.31. The predicted molar refractivity (Wildman–Crippen MR) is 70.9 cm³/mol. The normalized spacial score (nSPS) is 13.0. The zero-order valence-electron chi connectivity index (χ0n) is 8.17. The van der Waals surface area contributed by atoms with Crippen LogP contribution >= 0.6 is 43.2 Å². The third-order valence-corrected chi connectivity index (χ3v) is 5.20. The molecule has 0 radical (unpaired) electrons. The van der Waals surface area contributed by atoms with Crippen LogP contribution in [0.2, 0.25) is 0 Å². The van der Waals surface area contributed by atoms with Crippen molar-refractivity contribution >= 4 is 43.2 Å². The lowest BCUT2D eigenvalue weighted by Gasteiger charge is -2.06. The zero-order chi connectivity index (χ0) is 10.8. The monoisotopic (exact) mass is 348 g/mol. The summed E-state index contributed by atoms with van der Waals surface area (Å²) in [5.41, 5.74) is 1.23. The van der Waals surface area contributed by atoms with E-state index in [2.05, 4.69) is 50.9 Å². The maximum Gasteiger partial charge on any atom is 0.108 e. The molecule has 4 heteroatoms. The number of hydrogen-bond donors (Lipinski definition) is 0. The van der Waals surface area contributed by atoms with E-state index in [0.717, 1.165) is 16.0 Å². The van der Waals surface area contributed by atoms with Crippen LogP contribution in [0, 0.1) is 0 Å². The second-order valence-electron chi connectivity index (χ2n) is 3.16. The first-order chi connectivity index (χ1) is 7.22. The van der Waals surface area contributed by atoms with Crippen LogP contribution in [0.15, 0.2) is 32.7 Å². The molecule has 2 rings (SSSR count). The van der Waals surface area contributed by atoms with Crippen LogP contribution in [-0.2, 0) is 6.42 Å². The van der Waals surface area contributed by atoms with E-state index in [-0.39, 0.29) is 4.83 Å². The number of hydrogen-bond acceptors (Lipinski definition) is 2. The van der Waals surface area contributed by atoms with Crippen LogP contribution < -0.4 is 0 Å². The molecule has 2 aromatic heterocycles. The Labute approximate surface area is 110 Å². The van der Waals surface area contributed by atoms with Gasteiger partial charge in [-0.15, -0.1) is 11.3 Å². The van der Waals surface area contributed by atoms with Crippen molar-refractivity contribution in [2.24, 2.45) is 0 Å². The second-order valence-corrected chi connectivity index (χ2v) is 6.57. The molecule has 0 aliphatic rings. The molecule has 1 unspecified atom stereocenters. The van der Waals surface area contributed by atoms with Crippen molar-refractivity contribution in [3.63, 3.8) is 0 Å². The van der Waals surface area contributed by atoms with Gasteiger partial charge in [0.1, 0.15) is 5.76 Å². The summed E-state index contributed by atoms with van der Waals surface area (Å²) < 4.78 is 6.58. The highest BCUT2D eigenvalue weighted by atomic mass is 79.9. The van der Waals surface area contributed by atoms with Gasteiger partial charge in [0.2, 0.25) is 0 Å². The minimum atomic E-state index is 0.238. The average molecular weight is 350 g/mol. The minimum absolute atomic E-state index is 0.238. The quantitative estimate of drug-likeness (QED) is 0.698. The van der Waals surface area contributed by atoms with Crippen molar-refractivity contribution in [2.75, 3.05) is 0 Å². The van der Waals surface area contributed by atoms with E-state index in [1.54, 1.807) is 17.6 Å². The van der Waals surface area contributed by atoms with E-state index < -0.39 is 0 Å². The molecule has 1 nitrogen and oxygen atoms in total. The standard InChI is InChI=1S/C11H10Br2OS/c1-2-8-7(5-6-14-8)11(13)9-3-4-10(12)15-9/h3-6,11H,2H2,1H3. The van der Waals surface area contributed by atoms with Crippen molar-refractivity contribution in [3.05, 3.63) is 44.4 Å². The smallest absolute Gasteiger partial charge is 0.108 e. The summed E-state index contributed by atoms with van der Waals surface area (Å²) in [5.74, 6) is 1.06. The van der Waals surface area contributed by atoms with Gasteiger partial charge in [0.25, 0.3) is 0 Å². The molecule has 0 aliphatic heterocycles. The van der Waals surface area contributed by atoms with Gasteiger partial charge in [0, 0.05) is 16.9 Å². The van der Waals surface area contributed by atoms with Gasteiger partial charge in [0.15, 0.2) is 0 Å². The van der Waals surface area contributed by atoms with Gasteiger partial charge in [-0.3, -0.25) is 0 Å². The molecule has 0 saturated carbocycles. The van der Waals surface area contributed by atoms with Crippen molar-refractivity contribution in [2.45, 2.75) is 18.2 Å². The molecule has 15 heavy (non-hydrogen) atoms. The molecule has 0 amide bonds. The first-order valence-corrected chi connectivity index (χ1v) is 7.20. The van der Waals surface area contributed by atoms with Gasteiger partial charge in [-0.1, -0.05) is 22.9 Å². The summed E-state index contributed by atoms with van der Waals surface area (Å²) >= 11 is 8.92. The maximum absolute atomic E-state index is 5.43. The summed E-state index contributed by atoms with van der Waals surface area (Å²) in [5, 5.41) is 0. The van der Waals surface area contributed by atoms with Crippen molar-refractivity contribution in [1.82, 2.24) is 0 Å². The highest BCUT2D eigenvalue weighted by Crippen LogP contribution is 2.38. The topological polar surface area (TPSA) is 13.1 Å². The van der Waals surface area contributed by atoms with E-state index in [9.17, 15) is 0 Å². The van der Waals surface area contributed by atoms with E-state index in [0.29, 0.717) is 0 Å². The third-order valence-electron chi connectivity index (χ3n) is 2.22. The fourth-order valence-electron chi connectivity index (χ4n) is 1.48. The predicted octanol–water partition coefficient (Wildman–Crippen LogP) is 5.15. The second kappa shape index (κ2) is 4.85. The molecule has 80 valence electrons. The number of thiophene rings is 1. The molecule has 0 fully saturated rings. The molecule has 0 saturated heterocycles. The lowest BCUT2D eigenvalue weighted by molar-refractivity contribution is 0.512. The lowest BCUT2D eigenvalue weighted by Crippen LogP contribution is -1.91. The first-order valence-electron chi connectivity index (χ1n) is 4.68. The maximum atomic E-state index is 5.43. The van der Waals surface area contributed by atoms with Crippen LogP contribution in [0.25, 0.3) is 0 Å². The van der Waals surface area contributed by atoms with E-state index in [4.69, 9.17) is 4.42 Å². The first kappa shape index (κ1) is 11.4. The van der Waals surface area contributed by atoms with Gasteiger partial charge < -0.3 is 4.42 Å². The molecule has 0 aromatic carbocycles. The highest BCUT2D eigenvalue weighted by Gasteiger charge is 2.17. The number of halogens is 2. The highest BCUT2D eigenvalue weighted by molar-refractivity contribution is 9.11. The summed E-state index contributed by atoms with van der Waals surface area (Å²) in [7, 11) is 0. The molecule has 0 bridgehead atoms. The SMILES string of the molecule is CCc1occc1C(Br)c1ccc(Br)s1. The summed E-state index contributed by atoms with van der Waals surface area (Å²) in [6.45, 7) is 2.10.